The number of hydroxylamine groups is 2. The average molecular weight is 542 g/mol. The minimum atomic E-state index is -1.62. The number of primary amides is 1. The fourth-order valence-electron chi connectivity index (χ4n) is 5.52. The summed E-state index contributed by atoms with van der Waals surface area (Å²) in [5, 5.41) is 4.28. The van der Waals surface area contributed by atoms with Crippen molar-refractivity contribution in [3.63, 3.8) is 0 Å². The molecule has 3 N–H and O–H groups in total. The van der Waals surface area contributed by atoms with Gasteiger partial charge in [0.2, 0.25) is 5.91 Å². The van der Waals surface area contributed by atoms with Gasteiger partial charge >= 0.3 is 5.97 Å². The van der Waals surface area contributed by atoms with Crippen LogP contribution in [0, 0.1) is 17.8 Å². The first kappa shape index (κ1) is 27.3. The third kappa shape index (κ3) is 5.29. The molecule has 1 aliphatic carbocycles. The van der Waals surface area contributed by atoms with Crippen LogP contribution in [0.15, 0.2) is 79.4 Å². The van der Waals surface area contributed by atoms with Gasteiger partial charge < -0.3 is 20.5 Å². The highest BCUT2D eigenvalue weighted by Crippen LogP contribution is 2.54. The molecular weight excluding hydrogens is 510 g/mol. The monoisotopic (exact) mass is 541 g/mol. The van der Waals surface area contributed by atoms with Crippen molar-refractivity contribution in [2.24, 2.45) is 11.7 Å². The molecule has 2 saturated heterocycles. The number of benzene rings is 2. The molecule has 0 aromatic heterocycles. The first-order chi connectivity index (χ1) is 19.2. The van der Waals surface area contributed by atoms with Gasteiger partial charge in [-0.3, -0.25) is 14.4 Å². The number of fused-ring (bicyclic) bond motifs is 2. The van der Waals surface area contributed by atoms with Gasteiger partial charge in [0.25, 0.3) is 5.91 Å². The van der Waals surface area contributed by atoms with E-state index >= 15 is 0 Å². The van der Waals surface area contributed by atoms with Gasteiger partial charge in [-0.1, -0.05) is 54.8 Å². The number of amides is 2. The summed E-state index contributed by atoms with van der Waals surface area (Å²) in [6, 6.07) is 15.0. The number of allylic oxidation sites excluding steroid dienone is 1. The highest BCUT2D eigenvalue weighted by Gasteiger charge is 2.73. The maximum absolute atomic E-state index is 13.6. The van der Waals surface area contributed by atoms with Crippen LogP contribution < -0.4 is 11.1 Å². The lowest BCUT2D eigenvalue weighted by Crippen LogP contribution is -2.61. The Hall–Kier alpha value is -4.23. The van der Waals surface area contributed by atoms with Crippen LogP contribution in [0.1, 0.15) is 34.8 Å². The van der Waals surface area contributed by atoms with Crippen LogP contribution in [-0.2, 0) is 30.4 Å². The Kier molecular flexibility index (Phi) is 7.59. The molecular formula is C31H31N3O6. The smallest absolute Gasteiger partial charge is 0.338 e. The molecule has 0 spiro atoms. The van der Waals surface area contributed by atoms with E-state index in [1.54, 1.807) is 36.4 Å². The second-order valence-electron chi connectivity index (χ2n) is 10.2. The predicted octanol–water partition coefficient (Wildman–Crippen LogP) is 2.27. The van der Waals surface area contributed by atoms with Gasteiger partial charge in [-0.25, -0.2) is 4.79 Å². The van der Waals surface area contributed by atoms with Crippen molar-refractivity contribution in [3.8, 4) is 11.8 Å². The van der Waals surface area contributed by atoms with Gasteiger partial charge in [0.15, 0.2) is 5.60 Å². The van der Waals surface area contributed by atoms with E-state index in [9.17, 15) is 14.4 Å². The molecule has 2 heterocycles. The number of nitrogens with zero attached hydrogens (tertiary/aromatic N) is 1. The summed E-state index contributed by atoms with van der Waals surface area (Å²) in [5.41, 5.74) is 6.99. The summed E-state index contributed by atoms with van der Waals surface area (Å²) in [4.78, 5) is 46.2. The maximum atomic E-state index is 13.6. The van der Waals surface area contributed by atoms with Crippen molar-refractivity contribution >= 4 is 17.8 Å². The number of hydrogen-bond acceptors (Lipinski definition) is 7. The lowest BCUT2D eigenvalue weighted by atomic mass is 9.70. The number of nitrogens with one attached hydrogen (secondary N) is 1. The fourth-order valence-corrected chi connectivity index (χ4v) is 5.52. The number of nitrogens with two attached hydrogens (primary N) is 1. The van der Waals surface area contributed by atoms with Crippen LogP contribution in [0.25, 0.3) is 0 Å². The standard InChI is InChI=1S/C31H31N3O6/c1-4-15-33-28(35)25-24-27(39-29(36)22-11-6-5-7-12-22)26-23(38-26)17-31(24,30(32)37)40-34(25)18-21-10-8-9-20(16-21)14-13-19(2)3/h4-12,16,23-27H,1-2,15,17-18H2,3H3,(H2,32,37)(H,33,35)/t23-,24+,25-,26-,27-,31-/m0/s1. The highest BCUT2D eigenvalue weighted by atomic mass is 16.7. The van der Waals surface area contributed by atoms with Crippen molar-refractivity contribution < 1.29 is 28.7 Å². The first-order valence-electron chi connectivity index (χ1n) is 13.1. The van der Waals surface area contributed by atoms with Gasteiger partial charge in [0, 0.05) is 18.5 Å². The Morgan fingerprint density at radius 2 is 2.00 bits per heavy atom. The zero-order valence-electron chi connectivity index (χ0n) is 22.2. The van der Waals surface area contributed by atoms with Crippen molar-refractivity contribution in [3.05, 3.63) is 96.1 Å². The summed E-state index contributed by atoms with van der Waals surface area (Å²) in [7, 11) is 0. The van der Waals surface area contributed by atoms with Crippen molar-refractivity contribution in [2.45, 2.75) is 49.8 Å². The summed E-state index contributed by atoms with van der Waals surface area (Å²) >= 11 is 0. The molecule has 2 aromatic carbocycles. The van der Waals surface area contributed by atoms with E-state index in [2.05, 4.69) is 30.3 Å². The van der Waals surface area contributed by atoms with E-state index in [-0.39, 0.29) is 19.5 Å². The molecule has 0 bridgehead atoms. The summed E-state index contributed by atoms with van der Waals surface area (Å²) < 4.78 is 11.8. The largest absolute Gasteiger partial charge is 0.455 e. The molecule has 9 heteroatoms. The fraction of sp³-hybridized carbons (Fsp3) is 0.323. The number of esters is 1. The Morgan fingerprint density at radius 1 is 1.23 bits per heavy atom. The highest BCUT2D eigenvalue weighted by molar-refractivity contribution is 5.91. The van der Waals surface area contributed by atoms with Gasteiger partial charge in [0.05, 0.1) is 24.1 Å². The Morgan fingerprint density at radius 3 is 2.70 bits per heavy atom. The summed E-state index contributed by atoms with van der Waals surface area (Å²) in [6.07, 6.45) is -0.130. The van der Waals surface area contributed by atoms with Gasteiger partial charge in [0.1, 0.15) is 18.2 Å². The molecule has 2 amide bonds. The van der Waals surface area contributed by atoms with Crippen LogP contribution in [0.3, 0.4) is 0 Å². The zero-order valence-corrected chi connectivity index (χ0v) is 22.2. The SMILES string of the molecule is C=CCNC(=O)[C@@H]1[C@@H]2[C@H](OC(=O)c3ccccc3)[C@H]3O[C@H]3C[C@]2(C(N)=O)ON1Cc1cccc(C#CC(=C)C)c1. The van der Waals surface area contributed by atoms with Crippen LogP contribution in [0.5, 0.6) is 0 Å². The molecule has 206 valence electrons. The minimum Gasteiger partial charge on any atom is -0.455 e. The summed E-state index contributed by atoms with van der Waals surface area (Å²) in [5.74, 6) is 3.34. The van der Waals surface area contributed by atoms with E-state index in [4.69, 9.17) is 20.0 Å². The number of carbonyl (C=O) groups is 3. The van der Waals surface area contributed by atoms with Crippen molar-refractivity contribution in [1.29, 1.82) is 0 Å². The normalized spacial score (nSPS) is 28.2. The Labute approximate surface area is 232 Å². The third-order valence-electron chi connectivity index (χ3n) is 7.32. The molecule has 0 unspecified atom stereocenters. The second kappa shape index (κ2) is 11.1. The molecule has 3 fully saturated rings. The average Bonchev–Trinajstić information content (AvgIpc) is 3.63. The van der Waals surface area contributed by atoms with E-state index in [1.165, 1.54) is 5.06 Å². The first-order valence-corrected chi connectivity index (χ1v) is 13.1. The molecule has 40 heavy (non-hydrogen) atoms. The number of hydrogen-bond donors (Lipinski definition) is 2. The van der Waals surface area contributed by atoms with Crippen molar-refractivity contribution in [2.75, 3.05) is 6.54 Å². The van der Waals surface area contributed by atoms with Gasteiger partial charge in [-0.15, -0.1) is 6.58 Å². The maximum Gasteiger partial charge on any atom is 0.338 e. The predicted molar refractivity (Wildman–Crippen MR) is 146 cm³/mol. The van der Waals surface area contributed by atoms with Crippen LogP contribution in [-0.4, -0.2) is 59.3 Å². The van der Waals surface area contributed by atoms with Gasteiger partial charge in [-0.05, 0) is 42.3 Å². The molecule has 2 aliphatic heterocycles. The van der Waals surface area contributed by atoms with E-state index in [0.717, 1.165) is 16.7 Å². The topological polar surface area (TPSA) is 123 Å². The molecule has 5 rings (SSSR count). The molecule has 3 aliphatic rings. The van der Waals surface area contributed by atoms with E-state index in [1.807, 2.05) is 31.2 Å². The molecule has 6 atom stereocenters. The number of carbonyl (C=O) groups excluding carboxylic acids is 3. The third-order valence-corrected chi connectivity index (χ3v) is 7.32. The zero-order chi connectivity index (χ0) is 28.4. The van der Waals surface area contributed by atoms with Gasteiger partial charge in [-0.2, -0.15) is 5.06 Å². The number of ether oxygens (including phenoxy) is 2. The minimum absolute atomic E-state index is 0.142. The number of epoxide rings is 1. The number of rotatable bonds is 8. The van der Waals surface area contributed by atoms with Crippen molar-refractivity contribution in [1.82, 2.24) is 10.4 Å². The lowest BCUT2D eigenvalue weighted by molar-refractivity contribution is -0.217. The van der Waals surface area contributed by atoms with Crippen LogP contribution in [0.4, 0.5) is 0 Å². The molecule has 0 radical (unpaired) electrons. The quantitative estimate of drug-likeness (QED) is 0.227. The van der Waals surface area contributed by atoms with Crippen LogP contribution >= 0.6 is 0 Å². The van der Waals surface area contributed by atoms with Crippen LogP contribution in [0.2, 0.25) is 0 Å². The Balaban J connectivity index is 1.51. The van der Waals surface area contributed by atoms with E-state index < -0.39 is 53.7 Å². The lowest BCUT2D eigenvalue weighted by Gasteiger charge is -2.37. The molecule has 1 saturated carbocycles. The van der Waals surface area contributed by atoms with E-state index in [0.29, 0.717) is 5.56 Å². The molecule has 2 aromatic rings. The second-order valence-corrected chi connectivity index (χ2v) is 10.2. The summed E-state index contributed by atoms with van der Waals surface area (Å²) in [6.45, 7) is 9.65. The molecule has 9 nitrogen and oxygen atoms in total. The Bertz CT molecular complexity index is 1410.